The van der Waals surface area contributed by atoms with Crippen molar-refractivity contribution >= 4 is 22.8 Å². The summed E-state index contributed by atoms with van der Waals surface area (Å²) < 4.78 is 37.9. The van der Waals surface area contributed by atoms with E-state index in [1.54, 1.807) is 24.3 Å². The number of pyridine rings is 1. The first-order valence-electron chi connectivity index (χ1n) is 8.29. The second kappa shape index (κ2) is 7.67. The van der Waals surface area contributed by atoms with Crippen molar-refractivity contribution in [1.82, 2.24) is 10.3 Å². The van der Waals surface area contributed by atoms with Crippen molar-refractivity contribution in [3.05, 3.63) is 77.5 Å². The molecule has 0 saturated heterocycles. The normalized spacial score (nSPS) is 12.5. The van der Waals surface area contributed by atoms with Crippen LogP contribution in [0.5, 0.6) is 0 Å². The molecule has 0 fully saturated rings. The Morgan fingerprint density at radius 2 is 1.71 bits per heavy atom. The molecule has 2 aromatic carbocycles. The second-order valence-electron chi connectivity index (χ2n) is 6.14. The van der Waals surface area contributed by atoms with E-state index in [4.69, 9.17) is 0 Å². The van der Waals surface area contributed by atoms with Gasteiger partial charge in [0.25, 0.3) is 5.91 Å². The van der Waals surface area contributed by atoms with Crippen LogP contribution < -0.4 is 5.32 Å². The highest BCUT2D eigenvalue weighted by atomic mass is 19.4. The first-order chi connectivity index (χ1) is 13.3. The SMILES string of the molecule is O=C(N[C@H](Cc1ccc(C(F)(F)F)cc1)C(=O)O)c1cccc2cccnc12. The van der Waals surface area contributed by atoms with Crippen LogP contribution in [-0.2, 0) is 17.4 Å². The van der Waals surface area contributed by atoms with E-state index in [-0.39, 0.29) is 12.0 Å². The number of rotatable bonds is 5. The lowest BCUT2D eigenvalue weighted by Gasteiger charge is -2.16. The molecule has 3 aromatic rings. The van der Waals surface area contributed by atoms with Gasteiger partial charge in [-0.3, -0.25) is 9.78 Å². The molecule has 0 aliphatic rings. The number of carbonyl (C=O) groups excluding carboxylic acids is 1. The van der Waals surface area contributed by atoms with Gasteiger partial charge in [0.15, 0.2) is 0 Å². The molecule has 1 heterocycles. The van der Waals surface area contributed by atoms with E-state index in [0.29, 0.717) is 11.1 Å². The minimum atomic E-state index is -4.47. The molecule has 8 heteroatoms. The summed E-state index contributed by atoms with van der Waals surface area (Å²) in [6.45, 7) is 0. The van der Waals surface area contributed by atoms with Crippen LogP contribution in [-0.4, -0.2) is 28.0 Å². The Morgan fingerprint density at radius 3 is 2.36 bits per heavy atom. The van der Waals surface area contributed by atoms with Gasteiger partial charge < -0.3 is 10.4 Å². The zero-order valence-electron chi connectivity index (χ0n) is 14.4. The summed E-state index contributed by atoms with van der Waals surface area (Å²) in [5.41, 5.74) is 0.184. The van der Waals surface area contributed by atoms with Crippen LogP contribution in [0.4, 0.5) is 13.2 Å². The third-order valence-electron chi connectivity index (χ3n) is 4.20. The highest BCUT2D eigenvalue weighted by molar-refractivity contribution is 6.06. The fourth-order valence-corrected chi connectivity index (χ4v) is 2.79. The number of benzene rings is 2. The zero-order chi connectivity index (χ0) is 20.3. The third-order valence-corrected chi connectivity index (χ3v) is 4.20. The van der Waals surface area contributed by atoms with Crippen molar-refractivity contribution in [3.63, 3.8) is 0 Å². The van der Waals surface area contributed by atoms with Crippen molar-refractivity contribution in [2.24, 2.45) is 0 Å². The molecule has 1 atom stereocenters. The number of amides is 1. The van der Waals surface area contributed by atoms with Gasteiger partial charge in [0, 0.05) is 18.0 Å². The number of hydrogen-bond donors (Lipinski definition) is 2. The molecular weight excluding hydrogens is 373 g/mol. The fourth-order valence-electron chi connectivity index (χ4n) is 2.79. The van der Waals surface area contributed by atoms with Crippen LogP contribution in [0.25, 0.3) is 10.9 Å². The predicted molar refractivity (Wildman–Crippen MR) is 95.8 cm³/mol. The molecule has 0 radical (unpaired) electrons. The summed E-state index contributed by atoms with van der Waals surface area (Å²) in [6, 6.07) is 11.3. The molecule has 0 spiro atoms. The van der Waals surface area contributed by atoms with E-state index < -0.39 is 29.7 Å². The monoisotopic (exact) mass is 388 g/mol. The topological polar surface area (TPSA) is 79.3 Å². The van der Waals surface area contributed by atoms with E-state index in [1.165, 1.54) is 24.4 Å². The minimum Gasteiger partial charge on any atom is -0.480 e. The van der Waals surface area contributed by atoms with Crippen molar-refractivity contribution in [2.45, 2.75) is 18.6 Å². The Morgan fingerprint density at radius 1 is 1.04 bits per heavy atom. The molecule has 144 valence electrons. The van der Waals surface area contributed by atoms with E-state index >= 15 is 0 Å². The Hall–Kier alpha value is -3.42. The van der Waals surface area contributed by atoms with Crippen molar-refractivity contribution in [1.29, 1.82) is 0 Å². The lowest BCUT2D eigenvalue weighted by Crippen LogP contribution is -2.42. The van der Waals surface area contributed by atoms with E-state index in [1.807, 2.05) is 0 Å². The van der Waals surface area contributed by atoms with Gasteiger partial charge in [0.1, 0.15) is 6.04 Å². The molecule has 0 aliphatic heterocycles. The average molecular weight is 388 g/mol. The highest BCUT2D eigenvalue weighted by Gasteiger charge is 2.30. The van der Waals surface area contributed by atoms with Gasteiger partial charge in [0.2, 0.25) is 0 Å². The Kier molecular flexibility index (Phi) is 5.30. The first kappa shape index (κ1) is 19.3. The quantitative estimate of drug-likeness (QED) is 0.699. The van der Waals surface area contributed by atoms with Gasteiger partial charge in [-0.1, -0.05) is 30.3 Å². The van der Waals surface area contributed by atoms with Crippen LogP contribution in [0, 0.1) is 0 Å². The number of carboxylic acids is 1. The number of halogens is 3. The van der Waals surface area contributed by atoms with Crippen LogP contribution in [0.15, 0.2) is 60.8 Å². The molecule has 0 aliphatic carbocycles. The molecule has 0 unspecified atom stereocenters. The summed E-state index contributed by atoms with van der Waals surface area (Å²) in [5.74, 6) is -1.91. The summed E-state index contributed by atoms with van der Waals surface area (Å²) in [4.78, 5) is 28.3. The number of carbonyl (C=O) groups is 2. The first-order valence-corrected chi connectivity index (χ1v) is 8.29. The van der Waals surface area contributed by atoms with Crippen LogP contribution in [0.2, 0.25) is 0 Å². The van der Waals surface area contributed by atoms with E-state index in [2.05, 4.69) is 10.3 Å². The second-order valence-corrected chi connectivity index (χ2v) is 6.14. The number of nitrogens with zero attached hydrogens (tertiary/aromatic N) is 1. The minimum absolute atomic E-state index is 0.155. The van der Waals surface area contributed by atoms with Crippen LogP contribution in [0.1, 0.15) is 21.5 Å². The lowest BCUT2D eigenvalue weighted by molar-refractivity contribution is -0.139. The van der Waals surface area contributed by atoms with Crippen LogP contribution >= 0.6 is 0 Å². The number of aromatic nitrogens is 1. The van der Waals surface area contributed by atoms with Gasteiger partial charge in [-0.05, 0) is 29.8 Å². The molecule has 1 amide bonds. The van der Waals surface area contributed by atoms with E-state index in [0.717, 1.165) is 17.5 Å². The Bertz CT molecular complexity index is 1010. The molecule has 1 aromatic heterocycles. The van der Waals surface area contributed by atoms with Gasteiger partial charge in [0.05, 0.1) is 16.6 Å². The number of carboxylic acid groups (broad SMARTS) is 1. The zero-order valence-corrected chi connectivity index (χ0v) is 14.4. The number of nitrogens with one attached hydrogen (secondary N) is 1. The van der Waals surface area contributed by atoms with Gasteiger partial charge >= 0.3 is 12.1 Å². The molecular formula is C20H15F3N2O3. The fraction of sp³-hybridized carbons (Fsp3) is 0.150. The maximum Gasteiger partial charge on any atom is 0.416 e. The number of para-hydroxylation sites is 1. The number of hydrogen-bond acceptors (Lipinski definition) is 3. The largest absolute Gasteiger partial charge is 0.480 e. The smallest absolute Gasteiger partial charge is 0.416 e. The average Bonchev–Trinajstić information content (AvgIpc) is 2.66. The molecule has 5 nitrogen and oxygen atoms in total. The molecule has 2 N–H and O–H groups in total. The summed E-state index contributed by atoms with van der Waals surface area (Å²) in [5, 5.41) is 12.6. The standard InChI is InChI=1S/C20H15F3N2O3/c21-20(22,23)14-8-6-12(7-9-14)11-16(19(27)28)25-18(26)15-5-1-3-13-4-2-10-24-17(13)15/h1-10,16H,11H2,(H,25,26)(H,27,28)/t16-/m1/s1. The molecule has 3 rings (SSSR count). The molecule has 28 heavy (non-hydrogen) atoms. The van der Waals surface area contributed by atoms with Gasteiger partial charge in [-0.15, -0.1) is 0 Å². The number of aliphatic carboxylic acids is 1. The van der Waals surface area contributed by atoms with Gasteiger partial charge in [-0.2, -0.15) is 13.2 Å². The van der Waals surface area contributed by atoms with Crippen molar-refractivity contribution in [2.75, 3.05) is 0 Å². The van der Waals surface area contributed by atoms with Gasteiger partial charge in [-0.25, -0.2) is 4.79 Å². The summed E-state index contributed by atoms with van der Waals surface area (Å²) >= 11 is 0. The summed E-state index contributed by atoms with van der Waals surface area (Å²) in [6.07, 6.45) is -3.10. The Labute approximate surface area is 157 Å². The number of alkyl halides is 3. The number of fused-ring (bicyclic) bond motifs is 1. The third kappa shape index (κ3) is 4.28. The van der Waals surface area contributed by atoms with Crippen LogP contribution in [0.3, 0.4) is 0 Å². The summed E-state index contributed by atoms with van der Waals surface area (Å²) in [7, 11) is 0. The maximum atomic E-state index is 12.6. The van der Waals surface area contributed by atoms with E-state index in [9.17, 15) is 27.9 Å². The molecule has 0 bridgehead atoms. The predicted octanol–water partition coefficient (Wildman–Crippen LogP) is 3.68. The Balaban J connectivity index is 1.79. The lowest BCUT2D eigenvalue weighted by atomic mass is 10.0. The highest BCUT2D eigenvalue weighted by Crippen LogP contribution is 2.29. The van der Waals surface area contributed by atoms with Crippen molar-refractivity contribution < 1.29 is 27.9 Å². The maximum absolute atomic E-state index is 12.6. The van der Waals surface area contributed by atoms with Crippen molar-refractivity contribution in [3.8, 4) is 0 Å². The molecule has 0 saturated carbocycles.